The Kier molecular flexibility index (Phi) is 7.32. The Morgan fingerprint density at radius 2 is 1.65 bits per heavy atom. The molecule has 40 heavy (non-hydrogen) atoms. The maximum atomic E-state index is 14.0. The van der Waals surface area contributed by atoms with Crippen LogP contribution in [0.2, 0.25) is 0 Å². The monoisotopic (exact) mass is 543 g/mol. The van der Waals surface area contributed by atoms with Crippen LogP contribution in [0.3, 0.4) is 0 Å². The molecule has 10 heteroatoms. The summed E-state index contributed by atoms with van der Waals surface area (Å²) >= 11 is 0. The number of hydrogen-bond acceptors (Lipinski definition) is 5. The fraction of sp³-hybridized carbons (Fsp3) is 0.233. The van der Waals surface area contributed by atoms with Gasteiger partial charge in [-0.05, 0) is 41.5 Å². The highest BCUT2D eigenvalue weighted by Crippen LogP contribution is 2.51. The number of pyridine rings is 3. The number of benzene rings is 1. The third-order valence-corrected chi connectivity index (χ3v) is 7.65. The molecule has 0 spiro atoms. The Morgan fingerprint density at radius 3 is 2.23 bits per heavy atom. The molecule has 1 aliphatic heterocycles. The van der Waals surface area contributed by atoms with Gasteiger partial charge in [0.05, 0.1) is 29.7 Å². The highest BCUT2D eigenvalue weighted by molar-refractivity contribution is 5.83. The van der Waals surface area contributed by atoms with Gasteiger partial charge in [-0.1, -0.05) is 24.3 Å². The van der Waals surface area contributed by atoms with Gasteiger partial charge in [-0.25, -0.2) is 4.98 Å². The minimum Gasteiger partial charge on any atom is -0.364 e. The predicted molar refractivity (Wildman–Crippen MR) is 142 cm³/mol. The largest absolute Gasteiger partial charge is 0.416 e. The lowest BCUT2D eigenvalue weighted by Gasteiger charge is -2.47. The molecular formula is C30H26F3N6O+. The molecule has 1 fully saturated rings. The van der Waals surface area contributed by atoms with Gasteiger partial charge in [-0.15, -0.1) is 0 Å². The number of hydrogen-bond donors (Lipinski definition) is 1. The van der Waals surface area contributed by atoms with E-state index in [1.165, 1.54) is 0 Å². The molecule has 0 bridgehead atoms. The van der Waals surface area contributed by atoms with Crippen LogP contribution in [-0.4, -0.2) is 33.4 Å². The van der Waals surface area contributed by atoms with Crippen molar-refractivity contribution in [2.45, 2.75) is 37.0 Å². The number of amides is 1. The molecule has 4 aromatic rings. The summed E-state index contributed by atoms with van der Waals surface area (Å²) in [6.45, 7) is 0.306. The van der Waals surface area contributed by atoms with E-state index in [9.17, 15) is 23.2 Å². The lowest BCUT2D eigenvalue weighted by atomic mass is 9.79. The molecule has 1 aromatic carbocycles. The first-order chi connectivity index (χ1) is 19.3. The van der Waals surface area contributed by atoms with E-state index in [2.05, 4.69) is 21.0 Å². The Labute approximate surface area is 229 Å². The van der Waals surface area contributed by atoms with Crippen molar-refractivity contribution in [2.24, 2.45) is 5.73 Å². The number of likely N-dealkylation sites (tertiary alicyclic amines) is 1. The quantitative estimate of drug-likeness (QED) is 0.319. The van der Waals surface area contributed by atoms with Crippen LogP contribution in [0.15, 0.2) is 91.6 Å². The smallest absolute Gasteiger partial charge is 0.364 e. The highest BCUT2D eigenvalue weighted by Gasteiger charge is 2.57. The summed E-state index contributed by atoms with van der Waals surface area (Å²) in [7, 11) is 0. The van der Waals surface area contributed by atoms with Gasteiger partial charge in [0.1, 0.15) is 6.04 Å². The van der Waals surface area contributed by atoms with Gasteiger partial charge >= 0.3 is 6.18 Å². The second kappa shape index (κ2) is 10.9. The molecule has 5 rings (SSSR count). The summed E-state index contributed by atoms with van der Waals surface area (Å²) in [5, 5.41) is 9.74. The summed E-state index contributed by atoms with van der Waals surface area (Å²) in [5.41, 5.74) is 7.70. The van der Waals surface area contributed by atoms with E-state index >= 15 is 0 Å². The van der Waals surface area contributed by atoms with Gasteiger partial charge in [0.15, 0.2) is 6.04 Å². The van der Waals surface area contributed by atoms with Crippen molar-refractivity contribution < 1.29 is 18.0 Å². The standard InChI is InChI=1S/C30H25F3N6O/c31-30(32,33)24-10-13-38-26(16-24)39(14-4-9-25(39)29(35)40)28(21-6-1-5-20(15-21)17-34)27(22-7-2-11-36-18-22)23-8-3-12-37-19-23/h1-3,5-8,10-13,15-16,18-19,25,27-28H,4,9,14H2,(H-,35,40)/p+1/t25-,28?,39?/m0/s1. The summed E-state index contributed by atoms with van der Waals surface area (Å²) in [4.78, 5) is 26.2. The zero-order valence-corrected chi connectivity index (χ0v) is 21.4. The SMILES string of the molecule is N#Cc1cccc(C(C(c2cccnc2)c2cccnc2)[N+]2(c3cc(C(F)(F)F)ccn3)CCC[C@H]2C(N)=O)c1. The Balaban J connectivity index is 1.89. The molecule has 0 aliphatic carbocycles. The van der Waals surface area contributed by atoms with Crippen molar-refractivity contribution in [3.63, 3.8) is 0 Å². The van der Waals surface area contributed by atoms with Crippen LogP contribution >= 0.6 is 0 Å². The molecule has 0 saturated carbocycles. The number of primary amides is 1. The van der Waals surface area contributed by atoms with E-state index in [1.54, 1.807) is 55.1 Å². The fourth-order valence-electron chi connectivity index (χ4n) is 6.07. The van der Waals surface area contributed by atoms with E-state index in [-0.39, 0.29) is 10.3 Å². The Hall–Kier alpha value is -4.62. The highest BCUT2D eigenvalue weighted by atomic mass is 19.4. The van der Waals surface area contributed by atoms with Crippen LogP contribution in [0.4, 0.5) is 19.0 Å². The van der Waals surface area contributed by atoms with Gasteiger partial charge in [-0.3, -0.25) is 19.2 Å². The number of alkyl halides is 3. The average Bonchev–Trinajstić information content (AvgIpc) is 3.42. The molecule has 1 saturated heterocycles. The van der Waals surface area contributed by atoms with Gasteiger partial charge in [-0.2, -0.15) is 18.4 Å². The van der Waals surface area contributed by atoms with Crippen molar-refractivity contribution >= 4 is 11.7 Å². The topological polar surface area (TPSA) is 106 Å². The molecule has 7 nitrogen and oxygen atoms in total. The van der Waals surface area contributed by atoms with E-state index in [0.29, 0.717) is 30.5 Å². The molecule has 3 atom stereocenters. The fourth-order valence-corrected chi connectivity index (χ4v) is 6.07. The maximum Gasteiger partial charge on any atom is 0.416 e. The van der Waals surface area contributed by atoms with Crippen LogP contribution in [0.25, 0.3) is 0 Å². The lowest BCUT2D eigenvalue weighted by molar-refractivity contribution is -0.137. The van der Waals surface area contributed by atoms with E-state index in [1.807, 2.05) is 18.2 Å². The van der Waals surface area contributed by atoms with E-state index in [4.69, 9.17) is 5.73 Å². The zero-order chi connectivity index (χ0) is 28.3. The van der Waals surface area contributed by atoms with Crippen molar-refractivity contribution in [3.05, 3.63) is 119 Å². The lowest BCUT2D eigenvalue weighted by Crippen LogP contribution is -2.61. The molecule has 4 heterocycles. The zero-order valence-electron chi connectivity index (χ0n) is 21.4. The number of nitrogens with zero attached hydrogens (tertiary/aromatic N) is 5. The summed E-state index contributed by atoms with van der Waals surface area (Å²) < 4.78 is 41.7. The summed E-state index contributed by atoms with van der Waals surface area (Å²) in [6.07, 6.45) is 4.08. The molecule has 2 N–H and O–H groups in total. The van der Waals surface area contributed by atoms with Crippen LogP contribution < -0.4 is 10.2 Å². The molecule has 2 unspecified atom stereocenters. The first-order valence-electron chi connectivity index (χ1n) is 12.8. The third-order valence-electron chi connectivity index (χ3n) is 7.65. The number of carbonyl (C=O) groups is 1. The molecular weight excluding hydrogens is 517 g/mol. The number of nitriles is 1. The van der Waals surface area contributed by atoms with Crippen LogP contribution in [0.1, 0.15) is 52.6 Å². The van der Waals surface area contributed by atoms with Crippen LogP contribution in [0, 0.1) is 11.3 Å². The molecule has 202 valence electrons. The first kappa shape index (κ1) is 27.0. The molecule has 1 amide bonds. The second-order valence-corrected chi connectivity index (χ2v) is 9.85. The van der Waals surface area contributed by atoms with Crippen LogP contribution in [-0.2, 0) is 11.0 Å². The van der Waals surface area contributed by atoms with E-state index in [0.717, 1.165) is 29.5 Å². The van der Waals surface area contributed by atoms with Gasteiger partial charge in [0.2, 0.25) is 5.82 Å². The number of carbonyl (C=O) groups excluding carboxylic acids is 1. The average molecular weight is 544 g/mol. The molecule has 1 aliphatic rings. The normalized spacial score (nSPS) is 19.7. The number of rotatable bonds is 7. The number of halogens is 3. The summed E-state index contributed by atoms with van der Waals surface area (Å²) in [6, 6.07) is 16.8. The van der Waals surface area contributed by atoms with Crippen molar-refractivity contribution in [3.8, 4) is 6.07 Å². The van der Waals surface area contributed by atoms with Gasteiger partial charge in [0.25, 0.3) is 5.91 Å². The molecule has 3 aromatic heterocycles. The van der Waals surface area contributed by atoms with E-state index < -0.39 is 35.6 Å². The Bertz CT molecular complexity index is 1500. The van der Waals surface area contributed by atoms with Crippen LogP contribution in [0.5, 0.6) is 0 Å². The minimum atomic E-state index is -4.62. The summed E-state index contributed by atoms with van der Waals surface area (Å²) in [5.74, 6) is -1.08. The molecule has 0 radical (unpaired) electrons. The Morgan fingerprint density at radius 1 is 0.975 bits per heavy atom. The first-order valence-corrected chi connectivity index (χ1v) is 12.8. The predicted octanol–water partition coefficient (Wildman–Crippen LogP) is 5.29. The van der Waals surface area contributed by atoms with Crippen molar-refractivity contribution in [1.29, 1.82) is 5.26 Å². The maximum absolute atomic E-state index is 14.0. The number of quaternary nitrogens is 1. The number of aromatic nitrogens is 3. The second-order valence-electron chi connectivity index (χ2n) is 9.85. The van der Waals surface area contributed by atoms with Gasteiger partial charge < -0.3 is 5.73 Å². The van der Waals surface area contributed by atoms with Crippen molar-refractivity contribution in [2.75, 3.05) is 6.54 Å². The van der Waals surface area contributed by atoms with Gasteiger partial charge in [0, 0.05) is 55.5 Å². The minimum absolute atomic E-state index is 0.0845. The number of nitrogens with two attached hydrogens (primary N) is 1. The van der Waals surface area contributed by atoms with Crippen molar-refractivity contribution in [1.82, 2.24) is 19.4 Å². The third kappa shape index (κ3) is 4.92.